The highest BCUT2D eigenvalue weighted by Crippen LogP contribution is 2.43. The number of hydrogen-bond acceptors (Lipinski definition) is 9. The molecule has 2 bridgehead atoms. The van der Waals surface area contributed by atoms with Gasteiger partial charge in [-0.05, 0) is 80.6 Å². The van der Waals surface area contributed by atoms with Gasteiger partial charge in [-0.1, -0.05) is 84.2 Å². The van der Waals surface area contributed by atoms with E-state index in [4.69, 9.17) is 9.47 Å². The fraction of sp³-hybridized carbons (Fsp3) is 0.761. The number of carboxylic acids is 1. The molecule has 0 radical (unpaired) electrons. The summed E-state index contributed by atoms with van der Waals surface area (Å²) in [5.41, 5.74) is 0.790. The molecule has 1 saturated carbocycles. The molecule has 1 aliphatic carbocycles. The van der Waals surface area contributed by atoms with Crippen LogP contribution in [0.25, 0.3) is 0 Å². The molecule has 3 aliphatic rings. The smallest absolute Gasteiger partial charge is 0.326 e. The Hall–Kier alpha value is -3.20. The van der Waals surface area contributed by atoms with Crippen LogP contribution in [0.4, 0.5) is 0 Å². The second-order valence-corrected chi connectivity index (χ2v) is 18.4. The van der Waals surface area contributed by atoms with Gasteiger partial charge in [0.05, 0.1) is 42.7 Å². The summed E-state index contributed by atoms with van der Waals surface area (Å²) < 4.78 is 12.0. The van der Waals surface area contributed by atoms with E-state index >= 15 is 0 Å². The van der Waals surface area contributed by atoms with E-state index in [2.05, 4.69) is 42.0 Å². The first kappa shape index (κ1) is 49.5. The largest absolute Gasteiger partial charge is 0.480 e. The Balaban J connectivity index is 1.45. The van der Waals surface area contributed by atoms with Gasteiger partial charge in [-0.25, -0.2) is 4.79 Å². The van der Waals surface area contributed by atoms with Crippen molar-refractivity contribution in [3.8, 4) is 0 Å². The van der Waals surface area contributed by atoms with Crippen LogP contribution < -0.4 is 10.6 Å². The number of hydrogen-bond donors (Lipinski definition) is 4. The molecule has 1 aromatic rings. The van der Waals surface area contributed by atoms with E-state index in [1.54, 1.807) is 30.9 Å². The first-order valence-electron chi connectivity index (χ1n) is 22.5. The molecule has 4 amide bonds. The predicted octanol–water partition coefficient (Wildman–Crippen LogP) is 5.20. The topological polar surface area (TPSA) is 158 Å². The number of carbonyl (C=O) groups is 5. The van der Waals surface area contributed by atoms with Gasteiger partial charge in [0.15, 0.2) is 0 Å². The molecule has 0 aromatic heterocycles. The molecule has 0 unspecified atom stereocenters. The van der Waals surface area contributed by atoms with Crippen LogP contribution in [0.2, 0.25) is 0 Å². The van der Waals surface area contributed by atoms with Crippen LogP contribution in [0.15, 0.2) is 30.3 Å². The first-order valence-corrected chi connectivity index (χ1v) is 23.2. The Kier molecular flexibility index (Phi) is 19.7. The van der Waals surface area contributed by atoms with Crippen molar-refractivity contribution in [3.05, 3.63) is 35.9 Å². The van der Waals surface area contributed by atoms with Crippen LogP contribution in [0.5, 0.6) is 0 Å². The number of aliphatic carboxylic acids is 1. The van der Waals surface area contributed by atoms with Gasteiger partial charge < -0.3 is 35.0 Å². The summed E-state index contributed by atoms with van der Waals surface area (Å²) >= 11 is 4.34. The van der Waals surface area contributed by atoms with Gasteiger partial charge in [-0.15, -0.1) is 0 Å². The lowest BCUT2D eigenvalue weighted by molar-refractivity contribution is -0.148. The molecular formula is C46H75N5O8S. The van der Waals surface area contributed by atoms with Crippen molar-refractivity contribution in [3.63, 3.8) is 0 Å². The zero-order valence-corrected chi connectivity index (χ0v) is 38.4. The summed E-state index contributed by atoms with van der Waals surface area (Å²) in [6.07, 6.45) is 8.46. The van der Waals surface area contributed by atoms with E-state index in [9.17, 15) is 29.1 Å². The molecule has 3 N–H and O–H groups in total. The van der Waals surface area contributed by atoms with Crippen LogP contribution in [0.1, 0.15) is 111 Å². The number of likely N-dealkylation sites (N-methyl/N-ethyl adjacent to an activating group) is 1. The van der Waals surface area contributed by atoms with Gasteiger partial charge in [-0.2, -0.15) is 12.6 Å². The van der Waals surface area contributed by atoms with Crippen molar-refractivity contribution in [1.82, 2.24) is 25.3 Å². The minimum absolute atomic E-state index is 0.00159. The van der Waals surface area contributed by atoms with Crippen LogP contribution >= 0.6 is 12.6 Å². The van der Waals surface area contributed by atoms with Gasteiger partial charge in [-0.3, -0.25) is 24.1 Å². The summed E-state index contributed by atoms with van der Waals surface area (Å²) in [6.45, 7) is 11.1. The quantitative estimate of drug-likeness (QED) is 0.0767. The lowest BCUT2D eigenvalue weighted by Gasteiger charge is -2.41. The van der Waals surface area contributed by atoms with E-state index in [1.807, 2.05) is 44.2 Å². The maximum Gasteiger partial charge on any atom is 0.326 e. The second kappa shape index (κ2) is 23.9. The Bertz CT molecular complexity index is 1550. The summed E-state index contributed by atoms with van der Waals surface area (Å²) in [4.78, 5) is 74.6. The van der Waals surface area contributed by atoms with Crippen molar-refractivity contribution >= 4 is 42.2 Å². The number of ether oxygens (including phenoxy) is 2. The van der Waals surface area contributed by atoms with E-state index in [1.165, 1.54) is 7.11 Å². The van der Waals surface area contributed by atoms with Gasteiger partial charge in [0.25, 0.3) is 0 Å². The van der Waals surface area contributed by atoms with Crippen molar-refractivity contribution in [2.45, 2.75) is 160 Å². The fourth-order valence-corrected chi connectivity index (χ4v) is 10.4. The molecule has 0 spiro atoms. The molecule has 14 heteroatoms. The number of likely N-dealkylation sites (tertiary alicyclic amines) is 2. The first-order chi connectivity index (χ1) is 28.7. The average Bonchev–Trinajstić information content (AvgIpc) is 4.00. The molecule has 2 aliphatic heterocycles. The molecule has 2 heterocycles. The number of carbonyl (C=O) groups excluding carboxylic acids is 4. The maximum absolute atomic E-state index is 14.6. The van der Waals surface area contributed by atoms with Crippen molar-refractivity contribution in [2.75, 3.05) is 40.1 Å². The number of fused-ring (bicyclic) bond motifs is 2. The van der Waals surface area contributed by atoms with Crippen molar-refractivity contribution in [2.24, 2.45) is 23.7 Å². The predicted molar refractivity (Wildman–Crippen MR) is 237 cm³/mol. The summed E-state index contributed by atoms with van der Waals surface area (Å²) in [7, 11) is 4.83. The van der Waals surface area contributed by atoms with E-state index in [0.717, 1.165) is 69.2 Å². The highest BCUT2D eigenvalue weighted by Gasteiger charge is 2.50. The Morgan fingerprint density at radius 2 is 1.65 bits per heavy atom. The standard InChI is InChI=1S/C46H75N5O8S/c1-9-30(4)40(49(6)45(55)39(29(2)3)48-44(54)41-33-21-22-34(27-33)50(41)23-15-10-11-16-25-60)37(58-7)28-38(52)51-24-17-20-36(51)42(59-8)31(5)43(53)47-35(46(56)57)26-32-18-13-12-14-19-32/h12-14,18-19,29-31,33-37,39-42,60H,9-11,15-17,20-28H2,1-8H3,(H,47,53)(H,48,54)(H,56,57)/t30-,31+,33-,34+,35-,36-,37+,39-,40-,41-,42+/m0/s1. The molecule has 11 atom stereocenters. The third kappa shape index (κ3) is 12.5. The van der Waals surface area contributed by atoms with Crippen LogP contribution in [0, 0.1) is 23.7 Å². The minimum atomic E-state index is -1.13. The molecule has 4 rings (SSSR count). The Morgan fingerprint density at radius 3 is 2.27 bits per heavy atom. The highest BCUT2D eigenvalue weighted by molar-refractivity contribution is 7.80. The van der Waals surface area contributed by atoms with Crippen LogP contribution in [-0.2, 0) is 39.9 Å². The monoisotopic (exact) mass is 858 g/mol. The minimum Gasteiger partial charge on any atom is -0.480 e. The summed E-state index contributed by atoms with van der Waals surface area (Å²) in [5, 5.41) is 15.8. The van der Waals surface area contributed by atoms with Crippen LogP contribution in [-0.4, -0.2) is 138 Å². The summed E-state index contributed by atoms with van der Waals surface area (Å²) in [6, 6.07) is 6.58. The van der Waals surface area contributed by atoms with E-state index in [0.29, 0.717) is 31.3 Å². The number of piperidine rings is 1. The van der Waals surface area contributed by atoms with Crippen molar-refractivity contribution < 1.29 is 38.6 Å². The maximum atomic E-state index is 14.6. The van der Waals surface area contributed by atoms with Gasteiger partial charge in [0.2, 0.25) is 23.6 Å². The number of carboxylic acid groups (broad SMARTS) is 1. The number of benzene rings is 1. The number of rotatable bonds is 25. The van der Waals surface area contributed by atoms with Crippen LogP contribution in [0.3, 0.4) is 0 Å². The number of nitrogens with one attached hydrogen (secondary N) is 2. The van der Waals surface area contributed by atoms with Crippen molar-refractivity contribution in [1.29, 1.82) is 0 Å². The zero-order chi connectivity index (χ0) is 44.1. The molecule has 3 fully saturated rings. The lowest BCUT2D eigenvalue weighted by atomic mass is 9.89. The average molecular weight is 858 g/mol. The summed E-state index contributed by atoms with van der Waals surface area (Å²) in [5.74, 6) is -1.80. The van der Waals surface area contributed by atoms with Gasteiger partial charge in [0.1, 0.15) is 12.1 Å². The molecule has 338 valence electrons. The fourth-order valence-electron chi connectivity index (χ4n) is 10.2. The molecule has 1 aromatic carbocycles. The normalized spacial score (nSPS) is 23.7. The number of nitrogens with zero attached hydrogens (tertiary/aromatic N) is 3. The second-order valence-electron chi connectivity index (χ2n) is 18.0. The van der Waals surface area contributed by atoms with Gasteiger partial charge >= 0.3 is 5.97 Å². The number of thiol groups is 1. The number of amides is 4. The third-order valence-corrected chi connectivity index (χ3v) is 14.0. The third-order valence-electron chi connectivity index (χ3n) is 13.7. The Labute approximate surface area is 364 Å². The number of methoxy groups -OCH3 is 2. The number of unbranched alkanes of at least 4 members (excludes halogenated alkanes) is 3. The molecular weight excluding hydrogens is 783 g/mol. The SMILES string of the molecule is CC[C@H](C)[C@@H]([C@@H](CC(=O)N1CCC[C@H]1[C@H](OC)[C@@H](C)C(=O)N[C@@H](Cc1ccccc1)C(=O)O)OC)N(C)C(=O)[C@@H](NC(=O)[C@@H]1[C@H]2CC[C@H](C2)N1CCCCCCS)C(C)C. The molecule has 60 heavy (non-hydrogen) atoms. The molecule has 13 nitrogen and oxygen atoms in total. The Morgan fingerprint density at radius 1 is 0.950 bits per heavy atom. The zero-order valence-electron chi connectivity index (χ0n) is 37.5. The molecule has 2 saturated heterocycles. The van der Waals surface area contributed by atoms with E-state index in [-0.39, 0.29) is 48.4 Å². The van der Waals surface area contributed by atoms with Gasteiger partial charge in [0, 0.05) is 40.3 Å². The lowest BCUT2D eigenvalue weighted by Crippen LogP contribution is -2.60. The van der Waals surface area contributed by atoms with E-state index < -0.39 is 54.2 Å². The highest BCUT2D eigenvalue weighted by atomic mass is 32.1.